The normalized spacial score (nSPS) is 15.2. The highest BCUT2D eigenvalue weighted by Crippen LogP contribution is 2.35. The first kappa shape index (κ1) is 27.6. The van der Waals surface area contributed by atoms with E-state index in [2.05, 4.69) is 56.8 Å². The van der Waals surface area contributed by atoms with Crippen molar-refractivity contribution in [2.75, 3.05) is 20.3 Å². The van der Waals surface area contributed by atoms with Gasteiger partial charge in [0.05, 0.1) is 36.7 Å². The molecule has 0 saturated heterocycles. The highest BCUT2D eigenvalue weighted by atomic mass is 127. The maximum atomic E-state index is 13.8. The number of para-hydroxylation sites is 1. The highest BCUT2D eigenvalue weighted by molar-refractivity contribution is 14.1. The van der Waals surface area contributed by atoms with Gasteiger partial charge in [-0.15, -0.1) is 0 Å². The van der Waals surface area contributed by atoms with E-state index in [1.165, 1.54) is 11.3 Å². The molecule has 0 saturated carbocycles. The number of allylic oxidation sites excluding steroid dienone is 1. The Bertz CT molecular complexity index is 1570. The molecule has 1 aliphatic rings. The summed E-state index contributed by atoms with van der Waals surface area (Å²) in [5, 5.41) is 0. The molecule has 3 aromatic rings. The zero-order valence-electron chi connectivity index (χ0n) is 20.4. The van der Waals surface area contributed by atoms with E-state index in [0.29, 0.717) is 38.5 Å². The van der Waals surface area contributed by atoms with Crippen molar-refractivity contribution in [3.8, 4) is 11.5 Å². The SMILES string of the molecule is C=CCOc1c(I)cc(/C=c2/sc3n(c2=O)[C@@H](c2ccccc2OC)C(C(=O)OCC)=C(C)N=3)cc1I. The van der Waals surface area contributed by atoms with Gasteiger partial charge in [0, 0.05) is 5.56 Å². The van der Waals surface area contributed by atoms with Crippen molar-refractivity contribution < 1.29 is 19.0 Å². The van der Waals surface area contributed by atoms with E-state index < -0.39 is 12.0 Å². The van der Waals surface area contributed by atoms with Gasteiger partial charge in [-0.25, -0.2) is 9.79 Å². The third kappa shape index (κ3) is 5.55. The predicted octanol–water partition coefficient (Wildman–Crippen LogP) is 4.58. The van der Waals surface area contributed by atoms with Gasteiger partial charge in [0.25, 0.3) is 5.56 Å². The van der Waals surface area contributed by atoms with Gasteiger partial charge < -0.3 is 14.2 Å². The summed E-state index contributed by atoms with van der Waals surface area (Å²) in [5.41, 5.74) is 2.13. The molecular formula is C27H24I2N2O5S. The Kier molecular flexibility index (Phi) is 8.90. The predicted molar refractivity (Wildman–Crippen MR) is 161 cm³/mol. The summed E-state index contributed by atoms with van der Waals surface area (Å²) >= 11 is 5.73. The second-order valence-electron chi connectivity index (χ2n) is 7.96. The Morgan fingerprint density at radius 3 is 2.59 bits per heavy atom. The molecule has 1 aliphatic heterocycles. The van der Waals surface area contributed by atoms with Gasteiger partial charge in [-0.2, -0.15) is 0 Å². The summed E-state index contributed by atoms with van der Waals surface area (Å²) in [7, 11) is 1.56. The quantitative estimate of drug-likeness (QED) is 0.192. The summed E-state index contributed by atoms with van der Waals surface area (Å²) in [5.74, 6) is 0.844. The minimum atomic E-state index is -0.733. The van der Waals surface area contributed by atoms with Crippen molar-refractivity contribution >= 4 is 68.6 Å². The van der Waals surface area contributed by atoms with Crippen LogP contribution in [-0.2, 0) is 9.53 Å². The van der Waals surface area contributed by atoms with Crippen molar-refractivity contribution in [3.05, 3.63) is 98.3 Å². The second kappa shape index (κ2) is 11.9. The van der Waals surface area contributed by atoms with Crippen LogP contribution in [0, 0.1) is 7.14 Å². The highest BCUT2D eigenvalue weighted by Gasteiger charge is 2.34. The van der Waals surface area contributed by atoms with Crippen LogP contribution in [0.3, 0.4) is 0 Å². The Hall–Kier alpha value is -2.45. The van der Waals surface area contributed by atoms with Crippen LogP contribution in [0.2, 0.25) is 0 Å². The van der Waals surface area contributed by atoms with Crippen molar-refractivity contribution in [2.45, 2.75) is 19.9 Å². The molecular weight excluding hydrogens is 718 g/mol. The summed E-state index contributed by atoms with van der Waals surface area (Å²) in [4.78, 5) is 32.1. The lowest BCUT2D eigenvalue weighted by Crippen LogP contribution is -2.40. The fourth-order valence-electron chi connectivity index (χ4n) is 4.07. The molecule has 0 spiro atoms. The Balaban J connectivity index is 1.92. The van der Waals surface area contributed by atoms with Gasteiger partial charge in [0.1, 0.15) is 24.1 Å². The third-order valence-electron chi connectivity index (χ3n) is 5.61. The molecule has 1 aromatic heterocycles. The van der Waals surface area contributed by atoms with Gasteiger partial charge >= 0.3 is 5.97 Å². The smallest absolute Gasteiger partial charge is 0.338 e. The van der Waals surface area contributed by atoms with E-state index in [-0.39, 0.29) is 12.2 Å². The molecule has 2 heterocycles. The topological polar surface area (TPSA) is 79.1 Å². The minimum Gasteiger partial charge on any atom is -0.496 e. The molecule has 2 aromatic carbocycles. The van der Waals surface area contributed by atoms with Crippen molar-refractivity contribution in [3.63, 3.8) is 0 Å². The first-order chi connectivity index (χ1) is 17.8. The summed E-state index contributed by atoms with van der Waals surface area (Å²) in [6.07, 6.45) is 3.54. The zero-order valence-corrected chi connectivity index (χ0v) is 25.5. The van der Waals surface area contributed by atoms with E-state index in [0.717, 1.165) is 18.5 Å². The Morgan fingerprint density at radius 1 is 1.24 bits per heavy atom. The molecule has 7 nitrogen and oxygen atoms in total. The lowest BCUT2D eigenvalue weighted by Gasteiger charge is -2.25. The van der Waals surface area contributed by atoms with E-state index in [9.17, 15) is 9.59 Å². The number of halogens is 2. The molecule has 1 atom stereocenters. The number of thiazole rings is 1. The van der Waals surface area contributed by atoms with E-state index in [4.69, 9.17) is 14.2 Å². The lowest BCUT2D eigenvalue weighted by atomic mass is 9.95. The van der Waals surface area contributed by atoms with Crippen molar-refractivity contribution in [1.82, 2.24) is 4.57 Å². The monoisotopic (exact) mass is 742 g/mol. The van der Waals surface area contributed by atoms with E-state index >= 15 is 0 Å². The summed E-state index contributed by atoms with van der Waals surface area (Å²) < 4.78 is 20.7. The van der Waals surface area contributed by atoms with Gasteiger partial charge in [-0.05, 0) is 88.9 Å². The average Bonchev–Trinajstić information content (AvgIpc) is 3.17. The summed E-state index contributed by atoms with van der Waals surface area (Å²) in [6, 6.07) is 10.6. The number of carbonyl (C=O) groups is 1. The van der Waals surface area contributed by atoms with Gasteiger partial charge in [0.2, 0.25) is 0 Å². The minimum absolute atomic E-state index is 0.211. The van der Waals surface area contributed by atoms with Crippen LogP contribution in [0.4, 0.5) is 0 Å². The number of hydrogen-bond acceptors (Lipinski definition) is 7. The van der Waals surface area contributed by atoms with Gasteiger partial charge in [0.15, 0.2) is 4.80 Å². The molecule has 4 rings (SSSR count). The Morgan fingerprint density at radius 2 is 1.95 bits per heavy atom. The number of aromatic nitrogens is 1. The fourth-order valence-corrected chi connectivity index (χ4v) is 7.25. The van der Waals surface area contributed by atoms with E-state index in [1.807, 2.05) is 42.5 Å². The molecule has 0 N–H and O–H groups in total. The van der Waals surface area contributed by atoms with Crippen LogP contribution in [0.1, 0.15) is 31.0 Å². The third-order valence-corrected chi connectivity index (χ3v) is 8.20. The fraction of sp³-hybridized carbons (Fsp3) is 0.222. The molecule has 0 amide bonds. The number of fused-ring (bicyclic) bond motifs is 1. The standard InChI is InChI=1S/C27H24I2N2O5S/c1-5-11-36-24-18(28)12-16(13-19(24)29)14-21-25(32)31-23(17-9-7-8-10-20(17)34-4)22(26(33)35-6-2)15(3)30-27(31)37-21/h5,7-10,12-14,23H,1,6,11H2,2-4H3/b21-14+/t23-/m0/s1. The number of carbonyl (C=O) groups excluding carboxylic acids is 1. The van der Waals surface area contributed by atoms with Crippen LogP contribution in [-0.4, -0.2) is 30.9 Å². The van der Waals surface area contributed by atoms with Crippen LogP contribution in [0.15, 0.2) is 70.1 Å². The van der Waals surface area contributed by atoms with Crippen LogP contribution < -0.4 is 24.4 Å². The molecule has 0 fully saturated rings. The number of hydrogen-bond donors (Lipinski definition) is 0. The molecule has 37 heavy (non-hydrogen) atoms. The maximum Gasteiger partial charge on any atom is 0.338 e. The number of nitrogens with zero attached hydrogens (tertiary/aromatic N) is 2. The maximum absolute atomic E-state index is 13.8. The molecule has 0 radical (unpaired) electrons. The number of methoxy groups -OCH3 is 1. The summed E-state index contributed by atoms with van der Waals surface area (Å²) in [6.45, 7) is 7.83. The zero-order chi connectivity index (χ0) is 26.7. The molecule has 10 heteroatoms. The van der Waals surface area contributed by atoms with Crippen LogP contribution in [0.5, 0.6) is 11.5 Å². The number of benzene rings is 2. The largest absolute Gasteiger partial charge is 0.496 e. The van der Waals surface area contributed by atoms with Crippen molar-refractivity contribution in [1.29, 1.82) is 0 Å². The first-order valence-electron chi connectivity index (χ1n) is 11.4. The van der Waals surface area contributed by atoms with Crippen LogP contribution in [0.25, 0.3) is 6.08 Å². The Labute approximate surface area is 245 Å². The van der Waals surface area contributed by atoms with Gasteiger partial charge in [-0.3, -0.25) is 9.36 Å². The number of esters is 1. The molecule has 0 unspecified atom stereocenters. The number of rotatable bonds is 8. The molecule has 192 valence electrons. The van der Waals surface area contributed by atoms with Gasteiger partial charge in [-0.1, -0.05) is 42.2 Å². The second-order valence-corrected chi connectivity index (χ2v) is 11.3. The lowest BCUT2D eigenvalue weighted by molar-refractivity contribution is -0.139. The van der Waals surface area contributed by atoms with E-state index in [1.54, 1.807) is 31.6 Å². The number of ether oxygens (including phenoxy) is 3. The molecule has 0 bridgehead atoms. The first-order valence-corrected chi connectivity index (χ1v) is 14.3. The van der Waals surface area contributed by atoms with Crippen molar-refractivity contribution in [2.24, 2.45) is 4.99 Å². The average molecular weight is 742 g/mol. The molecule has 0 aliphatic carbocycles. The van der Waals surface area contributed by atoms with Crippen LogP contribution >= 0.6 is 56.5 Å².